The molecule has 260 valence electrons. The molecule has 1 saturated heterocycles. The van der Waals surface area contributed by atoms with E-state index in [-0.39, 0.29) is 31.3 Å². The van der Waals surface area contributed by atoms with E-state index in [4.69, 9.17) is 9.47 Å². The number of aliphatic hydroxyl groups is 1. The highest BCUT2D eigenvalue weighted by molar-refractivity contribution is 7.99. The first-order chi connectivity index (χ1) is 24.1. The third-order valence-electron chi connectivity index (χ3n) is 8.66. The SMILES string of the molecule is C[C@H]1[C@@H](CSc2nccn2C)O[C@@H](c2ccc(-c3ccccc3CNC(=O)c3c(F)c(F)c(F)c(F)c3F)cc2)O[C@H]1c1ccc(CO)cc1. The summed E-state index contributed by atoms with van der Waals surface area (Å²) >= 11 is 1.59. The normalized spacial score (nSPS) is 19.0. The maximum absolute atomic E-state index is 14.2. The fraction of sp³-hybridized carbons (Fsp3) is 0.243. The Balaban J connectivity index is 1.22. The Morgan fingerprint density at radius 3 is 2.16 bits per heavy atom. The van der Waals surface area contributed by atoms with Gasteiger partial charge in [-0.25, -0.2) is 26.9 Å². The zero-order chi connectivity index (χ0) is 35.5. The van der Waals surface area contributed by atoms with Crippen LogP contribution in [0.5, 0.6) is 0 Å². The van der Waals surface area contributed by atoms with Crippen LogP contribution in [0.15, 0.2) is 90.3 Å². The number of nitrogens with zero attached hydrogens (tertiary/aromatic N) is 2. The van der Waals surface area contributed by atoms with Crippen molar-refractivity contribution in [2.75, 3.05) is 5.75 Å². The molecule has 1 aromatic heterocycles. The van der Waals surface area contributed by atoms with Crippen molar-refractivity contribution < 1.29 is 41.3 Å². The minimum Gasteiger partial charge on any atom is -0.392 e. The Kier molecular flexibility index (Phi) is 10.7. The number of aromatic nitrogens is 2. The van der Waals surface area contributed by atoms with Gasteiger partial charge in [-0.15, -0.1) is 0 Å². The zero-order valence-corrected chi connectivity index (χ0v) is 27.7. The van der Waals surface area contributed by atoms with Gasteiger partial charge in [0.25, 0.3) is 5.91 Å². The van der Waals surface area contributed by atoms with E-state index in [0.717, 1.165) is 27.4 Å². The van der Waals surface area contributed by atoms with Crippen LogP contribution in [0.25, 0.3) is 11.1 Å². The Bertz CT molecular complexity index is 1960. The Hall–Kier alpha value is -4.56. The standard InChI is InChI=1S/C37H32F5N3O4S/c1-20-27(19-50-37-43-15-16-45(37)2)48-36(49-34(20)23-9-7-21(18-46)8-10-23)24-13-11-22(12-14-24)26-6-4-3-5-25(26)17-44-35(47)28-29(38)31(40)33(42)32(41)30(28)39/h3-16,20,27,34,36,46H,17-19H2,1-2H3,(H,44,47)/t20-,27+,34+,36+/m0/s1. The van der Waals surface area contributed by atoms with E-state index in [1.54, 1.807) is 42.2 Å². The molecular weight excluding hydrogens is 677 g/mol. The molecule has 2 N–H and O–H groups in total. The van der Waals surface area contributed by atoms with Gasteiger partial charge in [-0.1, -0.05) is 91.5 Å². The molecule has 0 radical (unpaired) electrons. The molecule has 2 heterocycles. The molecule has 4 aromatic carbocycles. The second-order valence-corrected chi connectivity index (χ2v) is 12.8. The molecule has 5 aromatic rings. The molecule has 0 bridgehead atoms. The Morgan fingerprint density at radius 2 is 1.52 bits per heavy atom. The molecule has 1 amide bonds. The minimum atomic E-state index is -2.34. The van der Waals surface area contributed by atoms with E-state index >= 15 is 0 Å². The number of aliphatic hydroxyl groups excluding tert-OH is 1. The van der Waals surface area contributed by atoms with E-state index in [1.165, 1.54) is 0 Å². The second-order valence-electron chi connectivity index (χ2n) is 11.9. The summed E-state index contributed by atoms with van der Waals surface area (Å²) in [6.07, 6.45) is 2.39. The number of hydrogen-bond donors (Lipinski definition) is 2. The number of amides is 1. The summed E-state index contributed by atoms with van der Waals surface area (Å²) in [5, 5.41) is 12.7. The van der Waals surface area contributed by atoms with E-state index in [9.17, 15) is 31.9 Å². The lowest BCUT2D eigenvalue weighted by Crippen LogP contribution is -2.38. The molecule has 13 heteroatoms. The van der Waals surface area contributed by atoms with Crippen LogP contribution >= 0.6 is 11.8 Å². The van der Waals surface area contributed by atoms with Gasteiger partial charge in [-0.05, 0) is 27.8 Å². The van der Waals surface area contributed by atoms with Gasteiger partial charge in [-0.3, -0.25) is 4.79 Å². The summed E-state index contributed by atoms with van der Waals surface area (Å²) in [5.74, 6) is -12.0. The quantitative estimate of drug-likeness (QED) is 0.0667. The predicted octanol–water partition coefficient (Wildman–Crippen LogP) is 7.79. The van der Waals surface area contributed by atoms with Crippen molar-refractivity contribution in [1.29, 1.82) is 0 Å². The third kappa shape index (κ3) is 7.17. The molecule has 1 fully saturated rings. The fourth-order valence-electron chi connectivity index (χ4n) is 5.80. The van der Waals surface area contributed by atoms with Gasteiger partial charge in [0.1, 0.15) is 5.56 Å². The molecule has 6 rings (SSSR count). The molecule has 1 aliphatic heterocycles. The van der Waals surface area contributed by atoms with Crippen LogP contribution in [0.3, 0.4) is 0 Å². The van der Waals surface area contributed by atoms with Crippen molar-refractivity contribution in [3.05, 3.63) is 142 Å². The van der Waals surface area contributed by atoms with Gasteiger partial charge >= 0.3 is 0 Å². The highest BCUT2D eigenvalue weighted by atomic mass is 32.2. The summed E-state index contributed by atoms with van der Waals surface area (Å²) in [6.45, 7) is 1.76. The highest BCUT2D eigenvalue weighted by Gasteiger charge is 2.38. The average Bonchev–Trinajstić information content (AvgIpc) is 3.56. The van der Waals surface area contributed by atoms with Gasteiger partial charge in [0.2, 0.25) is 5.82 Å². The van der Waals surface area contributed by atoms with Crippen molar-refractivity contribution in [1.82, 2.24) is 14.9 Å². The predicted molar refractivity (Wildman–Crippen MR) is 176 cm³/mol. The molecule has 0 spiro atoms. The van der Waals surface area contributed by atoms with Gasteiger partial charge < -0.3 is 24.5 Å². The second kappa shape index (κ2) is 15.1. The van der Waals surface area contributed by atoms with Crippen LogP contribution < -0.4 is 5.32 Å². The molecule has 4 atom stereocenters. The van der Waals surface area contributed by atoms with Crippen LogP contribution in [-0.2, 0) is 29.7 Å². The number of benzene rings is 4. The number of imidazole rings is 1. The van der Waals surface area contributed by atoms with E-state index in [2.05, 4.69) is 17.2 Å². The topological polar surface area (TPSA) is 85.6 Å². The molecular formula is C37H32F5N3O4S. The maximum Gasteiger partial charge on any atom is 0.257 e. The van der Waals surface area contributed by atoms with E-state index in [0.29, 0.717) is 16.9 Å². The lowest BCUT2D eigenvalue weighted by molar-refractivity contribution is -0.268. The molecule has 0 aliphatic carbocycles. The van der Waals surface area contributed by atoms with Crippen LogP contribution in [-0.4, -0.2) is 32.4 Å². The van der Waals surface area contributed by atoms with E-state index < -0.39 is 46.8 Å². The number of rotatable bonds is 10. The van der Waals surface area contributed by atoms with Gasteiger partial charge in [0, 0.05) is 43.2 Å². The van der Waals surface area contributed by atoms with Crippen molar-refractivity contribution in [2.24, 2.45) is 13.0 Å². The number of thioether (sulfide) groups is 1. The number of ether oxygens (including phenoxy) is 2. The Labute approximate surface area is 289 Å². The van der Waals surface area contributed by atoms with Crippen LogP contribution in [0.1, 0.15) is 51.9 Å². The van der Waals surface area contributed by atoms with Crippen molar-refractivity contribution in [3.63, 3.8) is 0 Å². The minimum absolute atomic E-state index is 0.0230. The van der Waals surface area contributed by atoms with Crippen molar-refractivity contribution in [2.45, 2.75) is 43.7 Å². The van der Waals surface area contributed by atoms with Gasteiger partial charge in [0.15, 0.2) is 34.7 Å². The number of hydrogen-bond acceptors (Lipinski definition) is 6. The monoisotopic (exact) mass is 709 g/mol. The highest BCUT2D eigenvalue weighted by Crippen LogP contribution is 2.43. The van der Waals surface area contributed by atoms with Crippen LogP contribution in [0.4, 0.5) is 22.0 Å². The lowest BCUT2D eigenvalue weighted by Gasteiger charge is -2.41. The number of carbonyl (C=O) groups excluding carboxylic acids is 1. The zero-order valence-electron chi connectivity index (χ0n) is 26.9. The van der Waals surface area contributed by atoms with Gasteiger partial charge in [0.05, 0.1) is 18.8 Å². The molecule has 0 saturated carbocycles. The maximum atomic E-state index is 14.2. The van der Waals surface area contributed by atoms with Crippen LogP contribution in [0, 0.1) is 35.0 Å². The summed E-state index contributed by atoms with van der Waals surface area (Å²) in [5.41, 5.74) is 2.88. The number of aryl methyl sites for hydroxylation is 1. The number of carbonyl (C=O) groups is 1. The smallest absolute Gasteiger partial charge is 0.257 e. The molecule has 7 nitrogen and oxygen atoms in total. The largest absolute Gasteiger partial charge is 0.392 e. The van der Waals surface area contributed by atoms with Gasteiger partial charge in [-0.2, -0.15) is 0 Å². The summed E-state index contributed by atoms with van der Waals surface area (Å²) in [6, 6.07) is 21.9. The first-order valence-electron chi connectivity index (χ1n) is 15.7. The third-order valence-corrected chi connectivity index (χ3v) is 9.81. The van der Waals surface area contributed by atoms with E-state index in [1.807, 2.05) is 66.3 Å². The first-order valence-corrected chi connectivity index (χ1v) is 16.6. The van der Waals surface area contributed by atoms with Crippen molar-refractivity contribution in [3.8, 4) is 11.1 Å². The van der Waals surface area contributed by atoms with Crippen LogP contribution in [0.2, 0.25) is 0 Å². The number of halogens is 5. The lowest BCUT2D eigenvalue weighted by atomic mass is 9.91. The van der Waals surface area contributed by atoms with Crippen molar-refractivity contribution >= 4 is 17.7 Å². The fourth-order valence-corrected chi connectivity index (χ4v) is 6.90. The summed E-state index contributed by atoms with van der Waals surface area (Å²) in [7, 11) is 1.93. The summed E-state index contributed by atoms with van der Waals surface area (Å²) in [4.78, 5) is 17.0. The number of nitrogens with one attached hydrogen (secondary N) is 1. The molecule has 50 heavy (non-hydrogen) atoms. The molecule has 0 unspecified atom stereocenters. The Morgan fingerprint density at radius 1 is 0.880 bits per heavy atom. The molecule has 1 aliphatic rings. The first kappa shape index (κ1) is 35.3. The summed E-state index contributed by atoms with van der Waals surface area (Å²) < 4.78 is 84.3. The average molecular weight is 710 g/mol.